The predicted molar refractivity (Wildman–Crippen MR) is 85.1 cm³/mol. The molecule has 0 nitrogen and oxygen atoms in total. The van der Waals surface area contributed by atoms with Gasteiger partial charge in [0.2, 0.25) is 0 Å². The summed E-state index contributed by atoms with van der Waals surface area (Å²) >= 11 is 0. The predicted octanol–water partition coefficient (Wildman–Crippen LogP) is 7.04. The second kappa shape index (κ2) is 13.2. The van der Waals surface area contributed by atoms with Crippen LogP contribution in [0.3, 0.4) is 0 Å². The van der Waals surface area contributed by atoms with Gasteiger partial charge >= 0.3 is 0 Å². The van der Waals surface area contributed by atoms with E-state index in [0.717, 1.165) is 0 Å². The van der Waals surface area contributed by atoms with E-state index < -0.39 is 0 Å². The fourth-order valence-electron chi connectivity index (χ4n) is 2.83. The standard InChI is InChI=1S/C18H36/c1-5-9-10-11-12-13-14-15-16-18(8-4)17(6-2)7-3/h5-16H2,1-4H3. The highest BCUT2D eigenvalue weighted by Gasteiger charge is 2.01. The molecule has 0 saturated carbocycles. The highest BCUT2D eigenvalue weighted by Crippen LogP contribution is 2.22. The van der Waals surface area contributed by atoms with Crippen molar-refractivity contribution >= 4 is 0 Å². The van der Waals surface area contributed by atoms with Gasteiger partial charge in [0.05, 0.1) is 0 Å². The molecule has 0 aliphatic carbocycles. The minimum atomic E-state index is 1.26. The Kier molecular flexibility index (Phi) is 13.0. The smallest absolute Gasteiger partial charge is 0.0318 e. The molecule has 0 aliphatic heterocycles. The maximum atomic E-state index is 2.32. The molecule has 0 fully saturated rings. The van der Waals surface area contributed by atoms with Gasteiger partial charge in [-0.1, -0.05) is 83.8 Å². The van der Waals surface area contributed by atoms with Gasteiger partial charge in [0.25, 0.3) is 0 Å². The maximum absolute atomic E-state index is 2.32. The Hall–Kier alpha value is -0.260. The first-order valence-electron chi connectivity index (χ1n) is 8.49. The third kappa shape index (κ3) is 8.78. The van der Waals surface area contributed by atoms with E-state index in [1.165, 1.54) is 77.0 Å². The zero-order valence-corrected chi connectivity index (χ0v) is 13.5. The second-order valence-electron chi connectivity index (χ2n) is 5.49. The van der Waals surface area contributed by atoms with Crippen LogP contribution in [0.5, 0.6) is 0 Å². The lowest BCUT2D eigenvalue weighted by molar-refractivity contribution is 0.572. The Balaban J connectivity index is 3.60. The van der Waals surface area contributed by atoms with Crippen LogP contribution in [0.15, 0.2) is 11.1 Å². The topological polar surface area (TPSA) is 0 Å². The molecule has 0 heterocycles. The molecule has 18 heavy (non-hydrogen) atoms. The van der Waals surface area contributed by atoms with E-state index in [9.17, 15) is 0 Å². The van der Waals surface area contributed by atoms with Gasteiger partial charge in [0.1, 0.15) is 0 Å². The monoisotopic (exact) mass is 252 g/mol. The molecule has 0 heteroatoms. The quantitative estimate of drug-likeness (QED) is 0.258. The van der Waals surface area contributed by atoms with Crippen LogP contribution in [-0.4, -0.2) is 0 Å². The summed E-state index contributed by atoms with van der Waals surface area (Å²) in [6.07, 6.45) is 16.6. The molecule has 0 spiro atoms. The van der Waals surface area contributed by atoms with Crippen LogP contribution < -0.4 is 0 Å². The maximum Gasteiger partial charge on any atom is -0.0318 e. The minimum absolute atomic E-state index is 1.26. The lowest BCUT2D eigenvalue weighted by Gasteiger charge is -2.11. The Morgan fingerprint density at radius 3 is 1.39 bits per heavy atom. The summed E-state index contributed by atoms with van der Waals surface area (Å²) in [5.74, 6) is 0. The Morgan fingerprint density at radius 1 is 0.500 bits per heavy atom. The molecule has 0 aromatic heterocycles. The average Bonchev–Trinajstić information content (AvgIpc) is 2.40. The van der Waals surface area contributed by atoms with Crippen LogP contribution in [0.2, 0.25) is 0 Å². The van der Waals surface area contributed by atoms with Crippen LogP contribution in [-0.2, 0) is 0 Å². The molecular formula is C18H36. The number of hydrogen-bond acceptors (Lipinski definition) is 0. The first-order chi connectivity index (χ1) is 8.79. The zero-order valence-electron chi connectivity index (χ0n) is 13.5. The van der Waals surface area contributed by atoms with Gasteiger partial charge in [-0.3, -0.25) is 0 Å². The van der Waals surface area contributed by atoms with Crippen molar-refractivity contribution in [3.05, 3.63) is 11.1 Å². The molecule has 0 amide bonds. The average molecular weight is 252 g/mol. The van der Waals surface area contributed by atoms with Crippen molar-refractivity contribution in [1.29, 1.82) is 0 Å². The minimum Gasteiger partial charge on any atom is -0.0716 e. The third-order valence-electron chi connectivity index (χ3n) is 4.11. The fourth-order valence-corrected chi connectivity index (χ4v) is 2.83. The van der Waals surface area contributed by atoms with Crippen molar-refractivity contribution in [1.82, 2.24) is 0 Å². The van der Waals surface area contributed by atoms with E-state index in [4.69, 9.17) is 0 Å². The van der Waals surface area contributed by atoms with Crippen molar-refractivity contribution in [3.8, 4) is 0 Å². The molecule has 0 rings (SSSR count). The number of hydrogen-bond donors (Lipinski definition) is 0. The van der Waals surface area contributed by atoms with Gasteiger partial charge in [-0.05, 0) is 32.1 Å². The number of allylic oxidation sites excluding steroid dienone is 2. The van der Waals surface area contributed by atoms with Crippen LogP contribution in [0.4, 0.5) is 0 Å². The molecule has 0 bridgehead atoms. The lowest BCUT2D eigenvalue weighted by atomic mass is 9.95. The van der Waals surface area contributed by atoms with Crippen molar-refractivity contribution in [2.75, 3.05) is 0 Å². The van der Waals surface area contributed by atoms with Gasteiger partial charge in [-0.15, -0.1) is 0 Å². The third-order valence-corrected chi connectivity index (χ3v) is 4.11. The summed E-state index contributed by atoms with van der Waals surface area (Å²) in [6, 6.07) is 0. The first kappa shape index (κ1) is 17.7. The first-order valence-corrected chi connectivity index (χ1v) is 8.49. The van der Waals surface area contributed by atoms with Crippen LogP contribution in [0.25, 0.3) is 0 Å². The summed E-state index contributed by atoms with van der Waals surface area (Å²) in [6.45, 7) is 9.23. The Bertz CT molecular complexity index is 194. The van der Waals surface area contributed by atoms with E-state index in [2.05, 4.69) is 27.7 Å². The highest BCUT2D eigenvalue weighted by atomic mass is 14.1. The summed E-state index contributed by atoms with van der Waals surface area (Å²) in [5.41, 5.74) is 3.48. The fraction of sp³-hybridized carbons (Fsp3) is 0.889. The molecule has 0 aliphatic rings. The van der Waals surface area contributed by atoms with E-state index >= 15 is 0 Å². The molecule has 0 N–H and O–H groups in total. The van der Waals surface area contributed by atoms with E-state index in [0.29, 0.717) is 0 Å². The summed E-state index contributed by atoms with van der Waals surface area (Å²) < 4.78 is 0. The molecule has 108 valence electrons. The van der Waals surface area contributed by atoms with Crippen molar-refractivity contribution in [2.45, 2.75) is 105 Å². The van der Waals surface area contributed by atoms with Gasteiger partial charge in [0.15, 0.2) is 0 Å². The van der Waals surface area contributed by atoms with Gasteiger partial charge in [0, 0.05) is 0 Å². The largest absolute Gasteiger partial charge is 0.0716 e. The molecule has 0 saturated heterocycles. The molecule has 0 radical (unpaired) electrons. The van der Waals surface area contributed by atoms with Gasteiger partial charge in [-0.25, -0.2) is 0 Å². The Morgan fingerprint density at radius 2 is 0.944 bits per heavy atom. The van der Waals surface area contributed by atoms with Crippen molar-refractivity contribution < 1.29 is 0 Å². The van der Waals surface area contributed by atoms with Crippen molar-refractivity contribution in [3.63, 3.8) is 0 Å². The lowest BCUT2D eigenvalue weighted by Crippen LogP contribution is -1.91. The van der Waals surface area contributed by atoms with Crippen LogP contribution >= 0.6 is 0 Å². The molecule has 0 aromatic carbocycles. The number of unbranched alkanes of at least 4 members (excludes halogenated alkanes) is 7. The van der Waals surface area contributed by atoms with Crippen LogP contribution in [0, 0.1) is 0 Å². The molecule has 0 aromatic rings. The Labute approximate surface area is 116 Å². The van der Waals surface area contributed by atoms with Gasteiger partial charge in [-0.2, -0.15) is 0 Å². The highest BCUT2D eigenvalue weighted by molar-refractivity contribution is 5.13. The normalized spacial score (nSPS) is 10.7. The molecule has 0 unspecified atom stereocenters. The summed E-state index contributed by atoms with van der Waals surface area (Å²) in [4.78, 5) is 0. The number of rotatable bonds is 12. The van der Waals surface area contributed by atoms with Crippen molar-refractivity contribution in [2.24, 2.45) is 0 Å². The van der Waals surface area contributed by atoms with Gasteiger partial charge < -0.3 is 0 Å². The van der Waals surface area contributed by atoms with Crippen LogP contribution in [0.1, 0.15) is 105 Å². The van der Waals surface area contributed by atoms with E-state index in [1.54, 1.807) is 11.1 Å². The van der Waals surface area contributed by atoms with E-state index in [1.807, 2.05) is 0 Å². The summed E-state index contributed by atoms with van der Waals surface area (Å²) in [7, 11) is 0. The summed E-state index contributed by atoms with van der Waals surface area (Å²) in [5, 5.41) is 0. The van der Waals surface area contributed by atoms with E-state index in [-0.39, 0.29) is 0 Å². The zero-order chi connectivity index (χ0) is 13.6. The molecular weight excluding hydrogens is 216 g/mol. The SMILES string of the molecule is CCCCCCCCCCC(CC)=C(CC)CC. The second-order valence-corrected chi connectivity index (χ2v) is 5.49. The molecule has 0 atom stereocenters.